The standard InChI is InChI=1S/C12H12OSSi2/c13-14-8-4-2-1-3-7(8)11-9(14)5-6-10(15)12(11)16/h1-6H,15-16H3. The lowest BCUT2D eigenvalue weighted by Gasteiger charge is -2.07. The second-order valence-electron chi connectivity index (χ2n) is 4.15. The van der Waals surface area contributed by atoms with Crippen molar-refractivity contribution in [2.75, 3.05) is 0 Å². The molecule has 80 valence electrons. The van der Waals surface area contributed by atoms with E-state index in [-0.39, 0.29) is 0 Å². The first kappa shape index (κ1) is 10.2. The van der Waals surface area contributed by atoms with Crippen molar-refractivity contribution in [3.05, 3.63) is 36.4 Å². The number of benzene rings is 2. The third-order valence-electron chi connectivity index (χ3n) is 3.25. The molecule has 3 rings (SSSR count). The van der Waals surface area contributed by atoms with Crippen LogP contribution in [0.15, 0.2) is 46.2 Å². The second-order valence-corrected chi connectivity index (χ2v) is 7.64. The molecule has 1 atom stereocenters. The Kier molecular flexibility index (Phi) is 2.24. The fourth-order valence-electron chi connectivity index (χ4n) is 2.23. The highest BCUT2D eigenvalue weighted by Gasteiger charge is 2.26. The van der Waals surface area contributed by atoms with Gasteiger partial charge >= 0.3 is 0 Å². The van der Waals surface area contributed by atoms with Gasteiger partial charge in [-0.25, -0.2) is 4.21 Å². The summed E-state index contributed by atoms with van der Waals surface area (Å²) in [5.74, 6) is 0. The van der Waals surface area contributed by atoms with Crippen molar-refractivity contribution in [2.24, 2.45) is 0 Å². The van der Waals surface area contributed by atoms with Crippen LogP contribution < -0.4 is 10.4 Å². The molecule has 2 aromatic carbocycles. The predicted octanol–water partition coefficient (Wildman–Crippen LogP) is -1.18. The topological polar surface area (TPSA) is 17.1 Å². The van der Waals surface area contributed by atoms with Crippen molar-refractivity contribution in [2.45, 2.75) is 9.79 Å². The van der Waals surface area contributed by atoms with E-state index >= 15 is 0 Å². The lowest BCUT2D eigenvalue weighted by atomic mass is 10.1. The predicted molar refractivity (Wildman–Crippen MR) is 75.7 cm³/mol. The molecule has 1 aliphatic rings. The van der Waals surface area contributed by atoms with E-state index in [9.17, 15) is 4.21 Å². The summed E-state index contributed by atoms with van der Waals surface area (Å²) in [6.45, 7) is 0. The summed E-state index contributed by atoms with van der Waals surface area (Å²) in [7, 11) is 1.16. The Labute approximate surface area is 103 Å². The SMILES string of the molecule is O=S1c2ccccc2-c2c1ccc([SiH3])c2[SiH3]. The number of hydrogen-bond donors (Lipinski definition) is 0. The molecule has 1 heterocycles. The maximum atomic E-state index is 12.3. The quantitative estimate of drug-likeness (QED) is 0.465. The molecule has 0 saturated carbocycles. The molecule has 1 nitrogen and oxygen atoms in total. The average Bonchev–Trinajstić information content (AvgIpc) is 2.59. The molecular formula is C12H12OSSi2. The van der Waals surface area contributed by atoms with Gasteiger partial charge in [0.05, 0.1) is 20.6 Å². The lowest BCUT2D eigenvalue weighted by molar-refractivity contribution is 0.685. The van der Waals surface area contributed by atoms with E-state index in [4.69, 9.17) is 0 Å². The van der Waals surface area contributed by atoms with E-state index in [2.05, 4.69) is 18.2 Å². The first-order valence-corrected chi connectivity index (χ1v) is 8.46. The lowest BCUT2D eigenvalue weighted by Crippen LogP contribution is -2.27. The molecule has 1 unspecified atom stereocenters. The highest BCUT2D eigenvalue weighted by Crippen LogP contribution is 2.38. The van der Waals surface area contributed by atoms with Crippen LogP contribution in [0.3, 0.4) is 0 Å². The van der Waals surface area contributed by atoms with Crippen molar-refractivity contribution < 1.29 is 4.21 Å². The highest BCUT2D eigenvalue weighted by molar-refractivity contribution is 7.85. The first-order chi connectivity index (χ1) is 7.70. The number of fused-ring (bicyclic) bond motifs is 3. The number of hydrogen-bond acceptors (Lipinski definition) is 1. The molecule has 0 amide bonds. The largest absolute Gasteiger partial charge is 0.249 e. The molecule has 0 saturated heterocycles. The van der Waals surface area contributed by atoms with Gasteiger partial charge in [-0.2, -0.15) is 0 Å². The Morgan fingerprint density at radius 2 is 1.69 bits per heavy atom. The molecular weight excluding hydrogens is 248 g/mol. The van der Waals surface area contributed by atoms with Crippen molar-refractivity contribution in [3.8, 4) is 11.1 Å². The Hall–Kier alpha value is -0.976. The van der Waals surface area contributed by atoms with Gasteiger partial charge < -0.3 is 0 Å². The minimum absolute atomic E-state index is 0.954. The molecule has 0 fully saturated rings. The van der Waals surface area contributed by atoms with Gasteiger partial charge in [0.2, 0.25) is 0 Å². The first-order valence-electron chi connectivity index (χ1n) is 5.31. The molecule has 2 aromatic rings. The van der Waals surface area contributed by atoms with Crippen molar-refractivity contribution >= 4 is 41.7 Å². The van der Waals surface area contributed by atoms with E-state index in [1.807, 2.05) is 18.2 Å². The molecule has 0 bridgehead atoms. The molecule has 0 aliphatic carbocycles. The fraction of sp³-hybridized carbons (Fsp3) is 0. The van der Waals surface area contributed by atoms with Crippen molar-refractivity contribution in [1.29, 1.82) is 0 Å². The van der Waals surface area contributed by atoms with E-state index in [1.165, 1.54) is 21.5 Å². The van der Waals surface area contributed by atoms with Crippen LogP contribution >= 0.6 is 0 Å². The van der Waals surface area contributed by atoms with Crippen molar-refractivity contribution in [3.63, 3.8) is 0 Å². The van der Waals surface area contributed by atoms with E-state index < -0.39 is 10.8 Å². The van der Waals surface area contributed by atoms with E-state index in [1.54, 1.807) is 0 Å². The smallest absolute Gasteiger partial charge is 0.0862 e. The number of rotatable bonds is 0. The molecule has 1 aliphatic heterocycles. The Morgan fingerprint density at radius 1 is 0.938 bits per heavy atom. The molecule has 4 heteroatoms. The van der Waals surface area contributed by atoms with Crippen LogP contribution in [-0.2, 0) is 10.8 Å². The van der Waals surface area contributed by atoms with Gasteiger partial charge in [0, 0.05) is 20.5 Å². The summed E-state index contributed by atoms with van der Waals surface area (Å²) in [4.78, 5) is 2.01. The maximum absolute atomic E-state index is 12.3. The van der Waals surface area contributed by atoms with Gasteiger partial charge in [-0.15, -0.1) is 0 Å². The molecule has 0 N–H and O–H groups in total. The van der Waals surface area contributed by atoms with Gasteiger partial charge in [-0.3, -0.25) is 0 Å². The molecule has 0 spiro atoms. The van der Waals surface area contributed by atoms with Gasteiger partial charge in [0.25, 0.3) is 0 Å². The summed E-state index contributed by atoms with van der Waals surface area (Å²) in [6, 6.07) is 12.3. The monoisotopic (exact) mass is 260 g/mol. The van der Waals surface area contributed by atoms with Gasteiger partial charge in [-0.1, -0.05) is 34.6 Å². The van der Waals surface area contributed by atoms with Gasteiger partial charge in [-0.05, 0) is 23.3 Å². The summed E-state index contributed by atoms with van der Waals surface area (Å²) >= 11 is 0. The minimum atomic E-state index is -0.954. The third kappa shape index (κ3) is 1.24. The van der Waals surface area contributed by atoms with Crippen LogP contribution in [0, 0.1) is 0 Å². The minimum Gasteiger partial charge on any atom is -0.249 e. The Bertz CT molecular complexity index is 622. The van der Waals surface area contributed by atoms with Crippen LogP contribution in [0.4, 0.5) is 0 Å². The highest BCUT2D eigenvalue weighted by atomic mass is 32.2. The average molecular weight is 260 g/mol. The molecule has 0 radical (unpaired) electrons. The van der Waals surface area contributed by atoms with Gasteiger partial charge in [0.15, 0.2) is 0 Å². The van der Waals surface area contributed by atoms with Crippen LogP contribution in [0.25, 0.3) is 11.1 Å². The zero-order valence-electron chi connectivity index (χ0n) is 9.28. The van der Waals surface area contributed by atoms with Crippen LogP contribution in [0.5, 0.6) is 0 Å². The zero-order valence-corrected chi connectivity index (χ0v) is 14.1. The van der Waals surface area contributed by atoms with Crippen molar-refractivity contribution in [1.82, 2.24) is 0 Å². The van der Waals surface area contributed by atoms with Crippen LogP contribution in [-0.4, -0.2) is 24.7 Å². The molecule has 0 aromatic heterocycles. The van der Waals surface area contributed by atoms with E-state index in [0.29, 0.717) is 0 Å². The van der Waals surface area contributed by atoms with E-state index in [0.717, 1.165) is 30.3 Å². The van der Waals surface area contributed by atoms with Crippen LogP contribution in [0.2, 0.25) is 0 Å². The van der Waals surface area contributed by atoms with Gasteiger partial charge in [0.1, 0.15) is 0 Å². The Balaban J connectivity index is 2.44. The summed E-state index contributed by atoms with van der Waals surface area (Å²) in [5.41, 5.74) is 2.46. The fourth-order valence-corrected chi connectivity index (χ4v) is 4.99. The maximum Gasteiger partial charge on any atom is 0.0862 e. The second kappa shape index (κ2) is 3.51. The zero-order chi connectivity index (χ0) is 11.3. The summed E-state index contributed by atoms with van der Waals surface area (Å²) < 4.78 is 12.3. The normalized spacial score (nSPS) is 17.4. The summed E-state index contributed by atoms with van der Waals surface area (Å²) in [5, 5.41) is 2.90. The van der Waals surface area contributed by atoms with Crippen LogP contribution in [0.1, 0.15) is 0 Å². The summed E-state index contributed by atoms with van der Waals surface area (Å²) in [6.07, 6.45) is 0. The Morgan fingerprint density at radius 3 is 2.50 bits per heavy atom. The molecule has 16 heavy (non-hydrogen) atoms. The third-order valence-corrected chi connectivity index (χ3v) is 8.12.